The van der Waals surface area contributed by atoms with Gasteiger partial charge < -0.3 is 20.1 Å². The van der Waals surface area contributed by atoms with Gasteiger partial charge in [0.1, 0.15) is 11.4 Å². The molecule has 28 heavy (non-hydrogen) atoms. The molecular weight excluding hydrogens is 365 g/mol. The van der Waals surface area contributed by atoms with Crippen LogP contribution in [0.3, 0.4) is 0 Å². The summed E-state index contributed by atoms with van der Waals surface area (Å²) in [5, 5.41) is 13.8. The van der Waals surface area contributed by atoms with Crippen molar-refractivity contribution in [3.63, 3.8) is 0 Å². The molecule has 3 aliphatic heterocycles. The van der Waals surface area contributed by atoms with Gasteiger partial charge in [0.05, 0.1) is 6.54 Å². The fourth-order valence-corrected chi connectivity index (χ4v) is 4.44. The zero-order chi connectivity index (χ0) is 19.8. The largest absolute Gasteiger partial charge is 0.441 e. The Morgan fingerprint density at radius 2 is 1.82 bits per heavy atom. The molecule has 0 aromatic heterocycles. The third kappa shape index (κ3) is 3.84. The standard InChI is InChI=1S/C20H26FN3O4/c21-16-4-2-15(3-5-16)12-24-9-1-6-20(27,17(24)25)14-23-10-7-19(8-11-23)13-22-18(26)28-19/h2-5,27H,1,6-14H2,(H,22,26)/t20-/m1/s1. The van der Waals surface area contributed by atoms with Crippen LogP contribution in [0.5, 0.6) is 0 Å². The predicted octanol–water partition coefficient (Wildman–Crippen LogP) is 1.25. The third-order valence-corrected chi connectivity index (χ3v) is 6.11. The lowest BCUT2D eigenvalue weighted by molar-refractivity contribution is -0.161. The molecule has 3 fully saturated rings. The van der Waals surface area contributed by atoms with Crippen molar-refractivity contribution in [1.82, 2.24) is 15.1 Å². The molecule has 8 heteroatoms. The van der Waals surface area contributed by atoms with Crippen molar-refractivity contribution in [2.45, 2.75) is 43.4 Å². The molecule has 0 saturated carbocycles. The summed E-state index contributed by atoms with van der Waals surface area (Å²) in [4.78, 5) is 28.1. The lowest BCUT2D eigenvalue weighted by Crippen LogP contribution is -2.60. The van der Waals surface area contributed by atoms with Crippen molar-refractivity contribution >= 4 is 12.0 Å². The van der Waals surface area contributed by atoms with E-state index < -0.39 is 11.2 Å². The quantitative estimate of drug-likeness (QED) is 0.808. The number of benzene rings is 1. The van der Waals surface area contributed by atoms with Gasteiger partial charge >= 0.3 is 6.09 Å². The van der Waals surface area contributed by atoms with Crippen LogP contribution in [0.1, 0.15) is 31.2 Å². The highest BCUT2D eigenvalue weighted by Gasteiger charge is 2.47. The van der Waals surface area contributed by atoms with Crippen molar-refractivity contribution in [2.24, 2.45) is 0 Å². The first-order valence-electron chi connectivity index (χ1n) is 9.83. The highest BCUT2D eigenvalue weighted by molar-refractivity contribution is 5.86. The first-order chi connectivity index (χ1) is 13.4. The van der Waals surface area contributed by atoms with Crippen molar-refractivity contribution < 1.29 is 23.8 Å². The highest BCUT2D eigenvalue weighted by Crippen LogP contribution is 2.32. The number of rotatable bonds is 4. The summed E-state index contributed by atoms with van der Waals surface area (Å²) in [6.45, 7) is 3.10. The van der Waals surface area contributed by atoms with Gasteiger partial charge in [0.15, 0.2) is 5.60 Å². The van der Waals surface area contributed by atoms with E-state index in [0.717, 1.165) is 12.0 Å². The molecule has 3 aliphatic rings. The molecular formula is C20H26FN3O4. The summed E-state index contributed by atoms with van der Waals surface area (Å²) in [6.07, 6.45) is 2.17. The van der Waals surface area contributed by atoms with Crippen molar-refractivity contribution in [3.8, 4) is 0 Å². The summed E-state index contributed by atoms with van der Waals surface area (Å²) in [6, 6.07) is 6.09. The van der Waals surface area contributed by atoms with Crippen LogP contribution in [0.2, 0.25) is 0 Å². The Bertz CT molecular complexity index is 748. The SMILES string of the molecule is O=C1NCC2(CCN(C[C@]3(O)CCCN(Cc4ccc(F)cc4)C3=O)CC2)O1. The number of halogens is 1. The van der Waals surface area contributed by atoms with Crippen molar-refractivity contribution in [1.29, 1.82) is 0 Å². The number of ether oxygens (including phenoxy) is 1. The van der Waals surface area contributed by atoms with Gasteiger partial charge in [0.25, 0.3) is 5.91 Å². The van der Waals surface area contributed by atoms with Crippen molar-refractivity contribution in [2.75, 3.05) is 32.7 Å². The number of piperidine rings is 2. The van der Waals surface area contributed by atoms with Gasteiger partial charge in [-0.1, -0.05) is 12.1 Å². The Morgan fingerprint density at radius 1 is 1.11 bits per heavy atom. The molecule has 152 valence electrons. The summed E-state index contributed by atoms with van der Waals surface area (Å²) in [5.74, 6) is -0.575. The number of carbonyl (C=O) groups excluding carboxylic acids is 2. The van der Waals surface area contributed by atoms with E-state index in [1.807, 2.05) is 0 Å². The molecule has 1 atom stereocenters. The average molecular weight is 391 g/mol. The molecule has 0 unspecified atom stereocenters. The molecule has 1 aromatic rings. The molecule has 4 rings (SSSR count). The van der Waals surface area contributed by atoms with Gasteiger partial charge in [-0.2, -0.15) is 0 Å². The van der Waals surface area contributed by atoms with Crippen LogP contribution >= 0.6 is 0 Å². The molecule has 0 radical (unpaired) electrons. The van der Waals surface area contributed by atoms with E-state index in [2.05, 4.69) is 10.2 Å². The van der Waals surface area contributed by atoms with Crippen LogP contribution in [-0.4, -0.2) is 70.8 Å². The van der Waals surface area contributed by atoms with Crippen LogP contribution in [-0.2, 0) is 16.1 Å². The van der Waals surface area contributed by atoms with Crippen LogP contribution in [0.25, 0.3) is 0 Å². The Morgan fingerprint density at radius 3 is 2.46 bits per heavy atom. The van der Waals surface area contributed by atoms with Crippen LogP contribution in [0.15, 0.2) is 24.3 Å². The minimum atomic E-state index is -1.41. The molecule has 1 aromatic carbocycles. The number of carbonyl (C=O) groups is 2. The smallest absolute Gasteiger partial charge is 0.407 e. The molecule has 2 N–H and O–H groups in total. The number of amides is 2. The molecule has 7 nitrogen and oxygen atoms in total. The first kappa shape index (κ1) is 19.1. The fourth-order valence-electron chi connectivity index (χ4n) is 4.44. The molecule has 3 saturated heterocycles. The van der Waals surface area contributed by atoms with E-state index in [1.165, 1.54) is 12.1 Å². The lowest BCUT2D eigenvalue weighted by Gasteiger charge is -2.43. The van der Waals surface area contributed by atoms with Gasteiger partial charge in [-0.25, -0.2) is 9.18 Å². The second kappa shape index (κ2) is 7.33. The fraction of sp³-hybridized carbons (Fsp3) is 0.600. The summed E-state index contributed by atoms with van der Waals surface area (Å²) in [5.41, 5.74) is -1.01. The molecule has 2 amide bonds. The van der Waals surface area contributed by atoms with E-state index >= 15 is 0 Å². The Hall–Kier alpha value is -2.19. The number of hydrogen-bond acceptors (Lipinski definition) is 5. The lowest BCUT2D eigenvalue weighted by atomic mass is 9.87. The normalized spacial score (nSPS) is 27.7. The maximum absolute atomic E-state index is 13.1. The number of hydrogen-bond donors (Lipinski definition) is 2. The number of nitrogens with one attached hydrogen (secondary N) is 1. The zero-order valence-corrected chi connectivity index (χ0v) is 15.8. The summed E-state index contributed by atoms with van der Waals surface area (Å²) in [7, 11) is 0. The van der Waals surface area contributed by atoms with E-state index in [-0.39, 0.29) is 24.4 Å². The minimum absolute atomic E-state index is 0.266. The second-order valence-corrected chi connectivity index (χ2v) is 8.19. The minimum Gasteiger partial charge on any atom is -0.441 e. The molecule has 1 spiro atoms. The summed E-state index contributed by atoms with van der Waals surface area (Å²) >= 11 is 0. The van der Waals surface area contributed by atoms with Crippen LogP contribution in [0, 0.1) is 5.82 Å². The average Bonchev–Trinajstić information content (AvgIpc) is 3.04. The Balaban J connectivity index is 1.36. The van der Waals surface area contributed by atoms with E-state index in [9.17, 15) is 19.1 Å². The molecule has 0 aliphatic carbocycles. The van der Waals surface area contributed by atoms with Gasteiger partial charge in [-0.3, -0.25) is 9.69 Å². The number of alkyl carbamates (subject to hydrolysis) is 1. The van der Waals surface area contributed by atoms with E-state index in [4.69, 9.17) is 4.74 Å². The van der Waals surface area contributed by atoms with E-state index in [0.29, 0.717) is 52.0 Å². The number of β-amino-alcohol motifs (C(OH)–C–C–N with tert-alkyl or cyclic N) is 1. The second-order valence-electron chi connectivity index (χ2n) is 8.19. The van der Waals surface area contributed by atoms with Gasteiger partial charge in [-0.15, -0.1) is 0 Å². The van der Waals surface area contributed by atoms with Crippen molar-refractivity contribution in [3.05, 3.63) is 35.6 Å². The van der Waals surface area contributed by atoms with Gasteiger partial charge in [0, 0.05) is 45.6 Å². The number of likely N-dealkylation sites (tertiary alicyclic amines) is 2. The Labute approximate surface area is 163 Å². The first-order valence-corrected chi connectivity index (χ1v) is 9.83. The highest BCUT2D eigenvalue weighted by atomic mass is 19.1. The Kier molecular flexibility index (Phi) is 5.01. The van der Waals surface area contributed by atoms with Gasteiger partial charge in [-0.05, 0) is 30.5 Å². The predicted molar refractivity (Wildman–Crippen MR) is 98.9 cm³/mol. The van der Waals surface area contributed by atoms with Gasteiger partial charge in [0.2, 0.25) is 0 Å². The number of aliphatic hydroxyl groups is 1. The zero-order valence-electron chi connectivity index (χ0n) is 15.8. The topological polar surface area (TPSA) is 82.1 Å². The third-order valence-electron chi connectivity index (χ3n) is 6.11. The summed E-state index contributed by atoms with van der Waals surface area (Å²) < 4.78 is 18.5. The maximum atomic E-state index is 13.1. The maximum Gasteiger partial charge on any atom is 0.407 e. The van der Waals surface area contributed by atoms with E-state index in [1.54, 1.807) is 17.0 Å². The molecule has 3 heterocycles. The van der Waals surface area contributed by atoms with Crippen LogP contribution in [0.4, 0.5) is 9.18 Å². The van der Waals surface area contributed by atoms with Crippen LogP contribution < -0.4 is 5.32 Å². The molecule has 0 bridgehead atoms. The monoisotopic (exact) mass is 391 g/mol. The number of nitrogens with zero attached hydrogens (tertiary/aromatic N) is 2.